The SMILES string of the molecule is CCCCN(CCCC)C(CN)c1ccccc1OCC. The highest BCUT2D eigenvalue weighted by molar-refractivity contribution is 5.36. The minimum atomic E-state index is 0.255. The monoisotopic (exact) mass is 292 g/mol. The fourth-order valence-electron chi connectivity index (χ4n) is 2.66. The lowest BCUT2D eigenvalue weighted by Gasteiger charge is -2.32. The Labute approximate surface area is 130 Å². The summed E-state index contributed by atoms with van der Waals surface area (Å²) in [4.78, 5) is 2.53. The van der Waals surface area contributed by atoms with Crippen LogP contribution in [0.5, 0.6) is 5.75 Å². The first-order chi connectivity index (χ1) is 10.3. The van der Waals surface area contributed by atoms with Crippen molar-refractivity contribution in [2.75, 3.05) is 26.2 Å². The van der Waals surface area contributed by atoms with Gasteiger partial charge in [-0.15, -0.1) is 0 Å². The molecular formula is C18H32N2O. The number of nitrogens with zero attached hydrogens (tertiary/aromatic N) is 1. The van der Waals surface area contributed by atoms with Gasteiger partial charge in [0.05, 0.1) is 12.6 Å². The number of hydrogen-bond donors (Lipinski definition) is 1. The molecule has 0 fully saturated rings. The Balaban J connectivity index is 2.94. The molecule has 0 aliphatic rings. The van der Waals surface area contributed by atoms with E-state index in [9.17, 15) is 0 Å². The van der Waals surface area contributed by atoms with Crippen LogP contribution in [0.3, 0.4) is 0 Å². The molecule has 0 aliphatic carbocycles. The molecule has 0 saturated heterocycles. The molecule has 0 saturated carbocycles. The van der Waals surface area contributed by atoms with Crippen LogP contribution < -0.4 is 10.5 Å². The maximum atomic E-state index is 6.12. The molecule has 0 bridgehead atoms. The molecule has 1 unspecified atom stereocenters. The van der Waals surface area contributed by atoms with E-state index in [1.165, 1.54) is 31.2 Å². The van der Waals surface area contributed by atoms with Gasteiger partial charge in [0.15, 0.2) is 0 Å². The highest BCUT2D eigenvalue weighted by Crippen LogP contribution is 2.29. The zero-order valence-electron chi connectivity index (χ0n) is 14.0. The van der Waals surface area contributed by atoms with Gasteiger partial charge in [-0.25, -0.2) is 0 Å². The molecule has 0 aliphatic heterocycles. The van der Waals surface area contributed by atoms with Crippen LogP contribution in [0, 0.1) is 0 Å². The first-order valence-corrected chi connectivity index (χ1v) is 8.44. The van der Waals surface area contributed by atoms with E-state index >= 15 is 0 Å². The summed E-state index contributed by atoms with van der Waals surface area (Å²) in [6.07, 6.45) is 4.87. The lowest BCUT2D eigenvalue weighted by molar-refractivity contribution is 0.190. The number of unbranched alkanes of at least 4 members (excludes halogenated alkanes) is 2. The standard InChI is InChI=1S/C18H32N2O/c1-4-7-13-20(14-8-5-2)17(15-19)16-11-9-10-12-18(16)21-6-3/h9-12,17H,4-8,13-15,19H2,1-3H3. The van der Waals surface area contributed by atoms with Crippen LogP contribution in [0.15, 0.2) is 24.3 Å². The van der Waals surface area contributed by atoms with E-state index in [2.05, 4.69) is 36.9 Å². The quantitative estimate of drug-likeness (QED) is 0.670. The third-order valence-corrected chi connectivity index (χ3v) is 3.84. The summed E-state index contributed by atoms with van der Waals surface area (Å²) in [6.45, 7) is 10.1. The van der Waals surface area contributed by atoms with Crippen molar-refractivity contribution in [2.45, 2.75) is 52.5 Å². The molecule has 3 nitrogen and oxygen atoms in total. The zero-order valence-corrected chi connectivity index (χ0v) is 14.0. The largest absolute Gasteiger partial charge is 0.494 e. The van der Waals surface area contributed by atoms with E-state index in [-0.39, 0.29) is 6.04 Å². The number of nitrogens with two attached hydrogens (primary N) is 1. The summed E-state index contributed by atoms with van der Waals surface area (Å²) < 4.78 is 5.80. The van der Waals surface area contributed by atoms with Crippen molar-refractivity contribution < 1.29 is 4.74 Å². The highest BCUT2D eigenvalue weighted by Gasteiger charge is 2.21. The van der Waals surface area contributed by atoms with E-state index in [1.54, 1.807) is 0 Å². The Morgan fingerprint density at radius 2 is 1.67 bits per heavy atom. The number of benzene rings is 1. The van der Waals surface area contributed by atoms with Gasteiger partial charge in [-0.1, -0.05) is 44.9 Å². The smallest absolute Gasteiger partial charge is 0.124 e. The number of rotatable bonds is 11. The van der Waals surface area contributed by atoms with Crippen LogP contribution in [0.25, 0.3) is 0 Å². The van der Waals surface area contributed by atoms with Gasteiger partial charge >= 0.3 is 0 Å². The van der Waals surface area contributed by atoms with Crippen molar-refractivity contribution in [1.82, 2.24) is 4.90 Å². The van der Waals surface area contributed by atoms with Crippen molar-refractivity contribution in [1.29, 1.82) is 0 Å². The Hall–Kier alpha value is -1.06. The minimum Gasteiger partial charge on any atom is -0.494 e. The van der Waals surface area contributed by atoms with Gasteiger partial charge in [-0.3, -0.25) is 4.90 Å². The molecular weight excluding hydrogens is 260 g/mol. The summed E-state index contributed by atoms with van der Waals surface area (Å²) in [5.74, 6) is 0.980. The Morgan fingerprint density at radius 3 is 2.19 bits per heavy atom. The number of hydrogen-bond acceptors (Lipinski definition) is 3. The van der Waals surface area contributed by atoms with Gasteiger partial charge in [0.2, 0.25) is 0 Å². The van der Waals surface area contributed by atoms with Crippen molar-refractivity contribution in [3.8, 4) is 5.75 Å². The molecule has 0 spiro atoms. The van der Waals surface area contributed by atoms with E-state index in [0.717, 1.165) is 18.8 Å². The molecule has 0 aromatic heterocycles. The highest BCUT2D eigenvalue weighted by atomic mass is 16.5. The van der Waals surface area contributed by atoms with Gasteiger partial charge in [0.25, 0.3) is 0 Å². The Bertz CT molecular complexity index is 373. The summed E-state index contributed by atoms with van der Waals surface area (Å²) in [5.41, 5.74) is 7.35. The second kappa shape index (κ2) is 10.6. The average molecular weight is 292 g/mol. The molecule has 3 heteroatoms. The molecule has 0 radical (unpaired) electrons. The predicted octanol–water partition coefficient (Wildman–Crippen LogP) is 3.99. The fourth-order valence-corrected chi connectivity index (χ4v) is 2.66. The summed E-state index contributed by atoms with van der Waals surface area (Å²) >= 11 is 0. The molecule has 1 aromatic carbocycles. The second-order valence-electron chi connectivity index (χ2n) is 5.47. The van der Waals surface area contributed by atoms with Crippen LogP contribution in [-0.2, 0) is 0 Å². The summed E-state index contributed by atoms with van der Waals surface area (Å²) in [6, 6.07) is 8.58. The zero-order chi connectivity index (χ0) is 15.5. The molecule has 120 valence electrons. The summed E-state index contributed by atoms with van der Waals surface area (Å²) in [7, 11) is 0. The van der Waals surface area contributed by atoms with Crippen LogP contribution in [0.1, 0.15) is 58.1 Å². The van der Waals surface area contributed by atoms with Crippen LogP contribution >= 0.6 is 0 Å². The van der Waals surface area contributed by atoms with Gasteiger partial charge in [0.1, 0.15) is 5.75 Å². The lowest BCUT2D eigenvalue weighted by atomic mass is 10.0. The van der Waals surface area contributed by atoms with E-state index in [1.807, 2.05) is 13.0 Å². The normalized spacial score (nSPS) is 12.6. The van der Waals surface area contributed by atoms with E-state index in [0.29, 0.717) is 13.2 Å². The average Bonchev–Trinajstić information content (AvgIpc) is 2.51. The van der Waals surface area contributed by atoms with Gasteiger partial charge in [0, 0.05) is 12.1 Å². The van der Waals surface area contributed by atoms with Gasteiger partial charge in [-0.2, -0.15) is 0 Å². The fraction of sp³-hybridized carbons (Fsp3) is 0.667. The number of para-hydroxylation sites is 1. The Kier molecular flexibility index (Phi) is 9.11. The number of ether oxygens (including phenoxy) is 1. The molecule has 21 heavy (non-hydrogen) atoms. The van der Waals surface area contributed by atoms with Crippen LogP contribution in [-0.4, -0.2) is 31.1 Å². The van der Waals surface area contributed by atoms with Crippen LogP contribution in [0.4, 0.5) is 0 Å². The topological polar surface area (TPSA) is 38.5 Å². The molecule has 0 heterocycles. The maximum absolute atomic E-state index is 6.12. The minimum absolute atomic E-state index is 0.255. The van der Waals surface area contributed by atoms with Crippen molar-refractivity contribution in [3.05, 3.63) is 29.8 Å². The molecule has 2 N–H and O–H groups in total. The van der Waals surface area contributed by atoms with Gasteiger partial charge < -0.3 is 10.5 Å². The third kappa shape index (κ3) is 5.68. The predicted molar refractivity (Wildman–Crippen MR) is 90.8 cm³/mol. The first-order valence-electron chi connectivity index (χ1n) is 8.44. The Morgan fingerprint density at radius 1 is 1.05 bits per heavy atom. The second-order valence-corrected chi connectivity index (χ2v) is 5.47. The van der Waals surface area contributed by atoms with Crippen molar-refractivity contribution >= 4 is 0 Å². The molecule has 1 atom stereocenters. The lowest BCUT2D eigenvalue weighted by Crippen LogP contribution is -2.35. The van der Waals surface area contributed by atoms with Gasteiger partial charge in [-0.05, 0) is 38.9 Å². The molecule has 1 aromatic rings. The molecule has 0 amide bonds. The third-order valence-electron chi connectivity index (χ3n) is 3.84. The summed E-state index contributed by atoms with van der Waals surface area (Å²) in [5, 5.41) is 0. The van der Waals surface area contributed by atoms with E-state index in [4.69, 9.17) is 10.5 Å². The molecule has 1 rings (SSSR count). The first kappa shape index (κ1) is 18.0. The van der Waals surface area contributed by atoms with E-state index < -0.39 is 0 Å². The van der Waals surface area contributed by atoms with Crippen LogP contribution in [0.2, 0.25) is 0 Å². The maximum Gasteiger partial charge on any atom is 0.124 e. The van der Waals surface area contributed by atoms with Crippen molar-refractivity contribution in [2.24, 2.45) is 5.73 Å². The van der Waals surface area contributed by atoms with Crippen molar-refractivity contribution in [3.63, 3.8) is 0 Å².